The van der Waals surface area contributed by atoms with Gasteiger partial charge in [-0.15, -0.1) is 0 Å². The van der Waals surface area contributed by atoms with Crippen molar-refractivity contribution in [2.45, 2.75) is 20.4 Å². The molecule has 0 aliphatic carbocycles. The Morgan fingerprint density at radius 3 is 2.26 bits per heavy atom. The Bertz CT molecular complexity index is 1120. The molecule has 0 aliphatic heterocycles. The molecule has 4 aromatic rings. The SMILES string of the molecule is Cc1cc(C)n(CC(=O)NN=Cc2c3ccccc3cc3ccccc23)n1. The summed E-state index contributed by atoms with van der Waals surface area (Å²) in [6.07, 6.45) is 1.73. The van der Waals surface area contributed by atoms with Crippen LogP contribution in [-0.4, -0.2) is 21.9 Å². The van der Waals surface area contributed by atoms with E-state index >= 15 is 0 Å². The summed E-state index contributed by atoms with van der Waals surface area (Å²) < 4.78 is 1.67. The number of carbonyl (C=O) groups is 1. The summed E-state index contributed by atoms with van der Waals surface area (Å²) in [7, 11) is 0. The van der Waals surface area contributed by atoms with Crippen molar-refractivity contribution in [3.8, 4) is 0 Å². The first-order valence-corrected chi connectivity index (χ1v) is 8.85. The van der Waals surface area contributed by atoms with Crippen molar-refractivity contribution in [3.63, 3.8) is 0 Å². The van der Waals surface area contributed by atoms with Crippen LogP contribution in [0.2, 0.25) is 0 Å². The summed E-state index contributed by atoms with van der Waals surface area (Å²) in [6.45, 7) is 3.98. The number of benzene rings is 3. The lowest BCUT2D eigenvalue weighted by Gasteiger charge is -2.08. The second kappa shape index (κ2) is 7.03. The van der Waals surface area contributed by atoms with Gasteiger partial charge in [0.05, 0.1) is 11.9 Å². The number of amides is 1. The first-order valence-electron chi connectivity index (χ1n) is 8.85. The number of carbonyl (C=O) groups excluding carboxylic acids is 1. The van der Waals surface area contributed by atoms with Gasteiger partial charge >= 0.3 is 0 Å². The van der Waals surface area contributed by atoms with Gasteiger partial charge in [-0.1, -0.05) is 48.5 Å². The molecule has 0 unspecified atom stereocenters. The molecule has 0 saturated carbocycles. The average Bonchev–Trinajstić information content (AvgIpc) is 2.98. The van der Waals surface area contributed by atoms with Crippen molar-refractivity contribution in [1.82, 2.24) is 15.2 Å². The van der Waals surface area contributed by atoms with E-state index in [-0.39, 0.29) is 12.5 Å². The standard InChI is InChI=1S/C22H20N4O/c1-15-11-16(2)26(25-15)14-22(27)24-23-13-21-19-9-5-3-7-17(19)12-18-8-4-6-10-20(18)21/h3-13H,14H2,1-2H3,(H,24,27). The Morgan fingerprint density at radius 2 is 1.67 bits per heavy atom. The van der Waals surface area contributed by atoms with Crippen molar-refractivity contribution >= 4 is 33.7 Å². The van der Waals surface area contributed by atoms with Crippen LogP contribution in [0.5, 0.6) is 0 Å². The molecule has 134 valence electrons. The summed E-state index contributed by atoms with van der Waals surface area (Å²) in [5.41, 5.74) is 5.46. The topological polar surface area (TPSA) is 59.3 Å². The number of hydrogen-bond acceptors (Lipinski definition) is 3. The molecule has 5 heteroatoms. The average molecular weight is 356 g/mol. The first-order chi connectivity index (χ1) is 13.1. The smallest absolute Gasteiger partial charge is 0.261 e. The lowest BCUT2D eigenvalue weighted by Crippen LogP contribution is -2.24. The Balaban J connectivity index is 1.62. The van der Waals surface area contributed by atoms with Crippen LogP contribution in [0.1, 0.15) is 17.0 Å². The number of fused-ring (bicyclic) bond motifs is 2. The highest BCUT2D eigenvalue weighted by atomic mass is 16.2. The molecule has 0 spiro atoms. The zero-order valence-corrected chi connectivity index (χ0v) is 15.3. The summed E-state index contributed by atoms with van der Waals surface area (Å²) in [6, 6.07) is 20.5. The zero-order chi connectivity index (χ0) is 18.8. The van der Waals surface area contributed by atoms with Crippen LogP contribution in [0.25, 0.3) is 21.5 Å². The van der Waals surface area contributed by atoms with Crippen molar-refractivity contribution < 1.29 is 4.79 Å². The summed E-state index contributed by atoms with van der Waals surface area (Å²) in [4.78, 5) is 12.2. The minimum absolute atomic E-state index is 0.146. The van der Waals surface area contributed by atoms with Gasteiger partial charge in [-0.3, -0.25) is 9.48 Å². The quantitative estimate of drug-likeness (QED) is 0.342. The van der Waals surface area contributed by atoms with E-state index in [0.29, 0.717) is 0 Å². The van der Waals surface area contributed by atoms with Gasteiger partial charge in [0, 0.05) is 11.3 Å². The number of nitrogens with zero attached hydrogens (tertiary/aromatic N) is 3. The van der Waals surface area contributed by atoms with Crippen molar-refractivity contribution in [2.24, 2.45) is 5.10 Å². The molecule has 0 saturated heterocycles. The van der Waals surface area contributed by atoms with Crippen molar-refractivity contribution in [1.29, 1.82) is 0 Å². The highest BCUT2D eigenvalue weighted by Crippen LogP contribution is 2.27. The van der Waals surface area contributed by atoms with Gasteiger partial charge in [-0.05, 0) is 47.5 Å². The van der Waals surface area contributed by atoms with E-state index in [0.717, 1.165) is 38.5 Å². The second-order valence-corrected chi connectivity index (χ2v) is 6.61. The molecule has 0 radical (unpaired) electrons. The van der Waals surface area contributed by atoms with Gasteiger partial charge in [-0.25, -0.2) is 5.43 Å². The van der Waals surface area contributed by atoms with Gasteiger partial charge in [0.15, 0.2) is 0 Å². The molecule has 0 bridgehead atoms. The fourth-order valence-electron chi connectivity index (χ4n) is 3.36. The molecular weight excluding hydrogens is 336 g/mol. The molecule has 0 aliphatic rings. The maximum absolute atomic E-state index is 12.2. The monoisotopic (exact) mass is 356 g/mol. The second-order valence-electron chi connectivity index (χ2n) is 6.61. The van der Waals surface area contributed by atoms with Gasteiger partial charge in [-0.2, -0.15) is 10.2 Å². The fraction of sp³-hybridized carbons (Fsp3) is 0.136. The Morgan fingerprint density at radius 1 is 1.04 bits per heavy atom. The zero-order valence-electron chi connectivity index (χ0n) is 15.3. The molecule has 0 atom stereocenters. The molecule has 5 nitrogen and oxygen atoms in total. The number of aryl methyl sites for hydroxylation is 2. The minimum atomic E-state index is -0.206. The van der Waals surface area contributed by atoms with Gasteiger partial charge < -0.3 is 0 Å². The van der Waals surface area contributed by atoms with Crippen LogP contribution in [0, 0.1) is 13.8 Å². The molecule has 1 heterocycles. The number of aromatic nitrogens is 2. The minimum Gasteiger partial charge on any atom is -0.271 e. The number of nitrogens with one attached hydrogen (secondary N) is 1. The maximum atomic E-state index is 12.2. The highest BCUT2D eigenvalue weighted by Gasteiger charge is 2.07. The van der Waals surface area contributed by atoms with E-state index in [2.05, 4.69) is 46.0 Å². The largest absolute Gasteiger partial charge is 0.271 e. The van der Waals surface area contributed by atoms with Gasteiger partial charge in [0.25, 0.3) is 5.91 Å². The van der Waals surface area contributed by atoms with Crippen LogP contribution in [-0.2, 0) is 11.3 Å². The lowest BCUT2D eigenvalue weighted by atomic mass is 9.97. The summed E-state index contributed by atoms with van der Waals surface area (Å²) >= 11 is 0. The number of hydrogen-bond donors (Lipinski definition) is 1. The van der Waals surface area contributed by atoms with E-state index in [1.807, 2.05) is 44.2 Å². The predicted molar refractivity (Wildman–Crippen MR) is 109 cm³/mol. The molecular formula is C22H20N4O. The van der Waals surface area contributed by atoms with Gasteiger partial charge in [0.1, 0.15) is 6.54 Å². The van der Waals surface area contributed by atoms with Crippen LogP contribution in [0.4, 0.5) is 0 Å². The van der Waals surface area contributed by atoms with Crippen LogP contribution < -0.4 is 5.43 Å². The molecule has 1 aromatic heterocycles. The molecule has 27 heavy (non-hydrogen) atoms. The summed E-state index contributed by atoms with van der Waals surface area (Å²) in [5, 5.41) is 13.0. The highest BCUT2D eigenvalue weighted by molar-refractivity contribution is 6.13. The van der Waals surface area contributed by atoms with E-state index in [9.17, 15) is 4.79 Å². The predicted octanol–water partition coefficient (Wildman–Crippen LogP) is 3.96. The Labute approximate surface area is 157 Å². The molecule has 1 amide bonds. The van der Waals surface area contributed by atoms with Crippen LogP contribution >= 0.6 is 0 Å². The van der Waals surface area contributed by atoms with Crippen molar-refractivity contribution in [2.75, 3.05) is 0 Å². The third kappa shape index (κ3) is 3.44. The molecule has 0 fully saturated rings. The number of rotatable bonds is 4. The lowest BCUT2D eigenvalue weighted by molar-refractivity contribution is -0.121. The molecule has 3 aromatic carbocycles. The first kappa shape index (κ1) is 17.0. The third-order valence-electron chi connectivity index (χ3n) is 4.59. The van der Waals surface area contributed by atoms with E-state index in [4.69, 9.17) is 0 Å². The summed E-state index contributed by atoms with van der Waals surface area (Å²) in [5.74, 6) is -0.206. The van der Waals surface area contributed by atoms with Crippen LogP contribution in [0.3, 0.4) is 0 Å². The van der Waals surface area contributed by atoms with Crippen LogP contribution in [0.15, 0.2) is 65.8 Å². The Kier molecular flexibility index (Phi) is 4.42. The third-order valence-corrected chi connectivity index (χ3v) is 4.59. The molecule has 1 N–H and O–H groups in total. The fourth-order valence-corrected chi connectivity index (χ4v) is 3.36. The van der Waals surface area contributed by atoms with Crippen molar-refractivity contribution in [3.05, 3.63) is 77.6 Å². The molecule has 4 rings (SSSR count). The normalized spacial score (nSPS) is 11.5. The van der Waals surface area contributed by atoms with E-state index in [1.165, 1.54) is 0 Å². The van der Waals surface area contributed by atoms with E-state index < -0.39 is 0 Å². The maximum Gasteiger partial charge on any atom is 0.261 e. The number of hydrazone groups is 1. The van der Waals surface area contributed by atoms with E-state index in [1.54, 1.807) is 10.9 Å². The van der Waals surface area contributed by atoms with Gasteiger partial charge in [0.2, 0.25) is 0 Å². The Hall–Kier alpha value is -3.47.